The maximum atomic E-state index is 5.37. The highest BCUT2D eigenvalue weighted by atomic mass is 32.2. The summed E-state index contributed by atoms with van der Waals surface area (Å²) in [4.78, 5) is 3.61. The summed E-state index contributed by atoms with van der Waals surface area (Å²) in [5.41, 5.74) is 8.73. The van der Waals surface area contributed by atoms with Gasteiger partial charge in [-0.15, -0.1) is 0 Å². The molecule has 1 fully saturated rings. The standard InChI is InChI=1S/C17H24N4.C7H9NS/c1-12-7-8-15-14(9-12)10-18-11-16-19-20-17(21(15)16)13-5-3-2-4-6-13;1-6-4-2-3-5-7(6)9-8/h7-9,13,17-18,20H,2-6,10-11H2,1H3;2-5H,8H2,1H3. The van der Waals surface area contributed by atoms with E-state index in [-0.39, 0.29) is 0 Å². The second kappa shape index (κ2) is 9.86. The Morgan fingerprint density at radius 3 is 2.57 bits per heavy atom. The average Bonchev–Trinajstić information content (AvgIpc) is 3.11. The monoisotopic (exact) mass is 423 g/mol. The maximum Gasteiger partial charge on any atom is 0.145 e. The first-order chi connectivity index (χ1) is 14.7. The second-order valence-electron chi connectivity index (χ2n) is 8.49. The third-order valence-electron chi connectivity index (χ3n) is 6.29. The molecule has 2 heterocycles. The predicted octanol–water partition coefficient (Wildman–Crippen LogP) is 4.69. The number of fused-ring (bicyclic) bond motifs is 3. The van der Waals surface area contributed by atoms with Crippen LogP contribution in [0.15, 0.2) is 52.5 Å². The lowest BCUT2D eigenvalue weighted by molar-refractivity contribution is 0.285. The van der Waals surface area contributed by atoms with E-state index < -0.39 is 0 Å². The van der Waals surface area contributed by atoms with Gasteiger partial charge in [0.05, 0.1) is 6.54 Å². The van der Waals surface area contributed by atoms with Crippen LogP contribution in [0.5, 0.6) is 0 Å². The molecule has 3 aliphatic rings. The molecular formula is C24H33N5S. The SMILES string of the molecule is Cc1ccc2c(c1)CNCC1=NNC(C3CCCCC3)N12.Cc1ccccc1SN. The van der Waals surface area contributed by atoms with Crippen LogP contribution in [0.2, 0.25) is 0 Å². The van der Waals surface area contributed by atoms with Crippen molar-refractivity contribution in [2.45, 2.75) is 63.6 Å². The van der Waals surface area contributed by atoms with Crippen LogP contribution in [-0.2, 0) is 6.54 Å². The summed E-state index contributed by atoms with van der Waals surface area (Å²) < 4.78 is 0. The van der Waals surface area contributed by atoms with E-state index in [0.29, 0.717) is 12.1 Å². The van der Waals surface area contributed by atoms with Gasteiger partial charge in [-0.1, -0.05) is 55.2 Å². The average molecular weight is 424 g/mol. The molecule has 2 aromatic carbocycles. The van der Waals surface area contributed by atoms with Crippen LogP contribution in [0, 0.1) is 19.8 Å². The molecule has 30 heavy (non-hydrogen) atoms. The molecule has 2 aliphatic heterocycles. The number of hydrogen-bond donors (Lipinski definition) is 3. The third kappa shape index (κ3) is 4.66. The van der Waals surface area contributed by atoms with Gasteiger partial charge in [0, 0.05) is 17.1 Å². The highest BCUT2D eigenvalue weighted by Gasteiger charge is 2.37. The van der Waals surface area contributed by atoms with Crippen molar-refractivity contribution in [3.63, 3.8) is 0 Å². The van der Waals surface area contributed by atoms with Crippen molar-refractivity contribution in [1.29, 1.82) is 0 Å². The summed E-state index contributed by atoms with van der Waals surface area (Å²) >= 11 is 1.30. The lowest BCUT2D eigenvalue weighted by Gasteiger charge is -2.35. The number of nitrogens with two attached hydrogens (primary N) is 1. The fraction of sp³-hybridized carbons (Fsp3) is 0.458. The van der Waals surface area contributed by atoms with Crippen LogP contribution >= 0.6 is 11.9 Å². The van der Waals surface area contributed by atoms with Gasteiger partial charge < -0.3 is 10.2 Å². The predicted molar refractivity (Wildman–Crippen MR) is 128 cm³/mol. The number of hydrazone groups is 1. The van der Waals surface area contributed by atoms with Crippen molar-refractivity contribution in [2.75, 3.05) is 11.4 Å². The minimum atomic E-state index is 0.349. The highest BCUT2D eigenvalue weighted by Crippen LogP contribution is 2.35. The molecule has 0 radical (unpaired) electrons. The molecule has 0 amide bonds. The molecule has 0 saturated heterocycles. The molecule has 5 rings (SSSR count). The van der Waals surface area contributed by atoms with Gasteiger partial charge in [0.25, 0.3) is 0 Å². The normalized spacial score (nSPS) is 20.8. The van der Waals surface area contributed by atoms with Crippen LogP contribution in [-0.4, -0.2) is 18.5 Å². The van der Waals surface area contributed by atoms with E-state index in [1.54, 1.807) is 0 Å². The van der Waals surface area contributed by atoms with Gasteiger partial charge in [-0.05, 0) is 67.8 Å². The van der Waals surface area contributed by atoms with Gasteiger partial charge in [0.15, 0.2) is 0 Å². The number of hydrogen-bond acceptors (Lipinski definition) is 6. The number of nitrogens with zero attached hydrogens (tertiary/aromatic N) is 2. The zero-order valence-electron chi connectivity index (χ0n) is 18.0. The summed E-state index contributed by atoms with van der Waals surface area (Å²) in [6, 6.07) is 14.9. The molecule has 4 N–H and O–H groups in total. The Kier molecular flexibility index (Phi) is 6.97. The van der Waals surface area contributed by atoms with Crippen LogP contribution in [0.25, 0.3) is 0 Å². The van der Waals surface area contributed by atoms with E-state index in [9.17, 15) is 0 Å². The lowest BCUT2D eigenvalue weighted by Crippen LogP contribution is -2.47. The fourth-order valence-electron chi connectivity index (χ4n) is 4.68. The van der Waals surface area contributed by atoms with E-state index >= 15 is 0 Å². The van der Waals surface area contributed by atoms with Gasteiger partial charge in [0.2, 0.25) is 0 Å². The van der Waals surface area contributed by atoms with Gasteiger partial charge in [-0.3, -0.25) is 10.6 Å². The van der Waals surface area contributed by atoms with E-state index in [0.717, 1.165) is 23.8 Å². The van der Waals surface area contributed by atoms with E-state index in [4.69, 9.17) is 5.14 Å². The van der Waals surface area contributed by atoms with Crippen molar-refractivity contribution in [2.24, 2.45) is 16.2 Å². The molecule has 1 saturated carbocycles. The number of amidine groups is 1. The largest absolute Gasteiger partial charge is 0.306 e. The molecule has 2 aromatic rings. The Labute approximate surface area is 184 Å². The maximum absolute atomic E-state index is 5.37. The second-order valence-corrected chi connectivity index (χ2v) is 9.16. The van der Waals surface area contributed by atoms with Gasteiger partial charge in [0.1, 0.15) is 12.0 Å². The quantitative estimate of drug-likeness (QED) is 0.612. The van der Waals surface area contributed by atoms with E-state index in [1.807, 2.05) is 18.2 Å². The number of rotatable bonds is 2. The molecule has 1 unspecified atom stereocenters. The summed E-state index contributed by atoms with van der Waals surface area (Å²) in [6.07, 6.45) is 7.13. The number of nitrogens with one attached hydrogen (secondary N) is 2. The van der Waals surface area contributed by atoms with Crippen molar-refractivity contribution in [3.8, 4) is 0 Å². The Morgan fingerprint density at radius 2 is 1.83 bits per heavy atom. The summed E-state index contributed by atoms with van der Waals surface area (Å²) in [5, 5.41) is 13.5. The fourth-order valence-corrected chi connectivity index (χ4v) is 5.09. The summed E-state index contributed by atoms with van der Waals surface area (Å²) in [5.74, 6) is 1.86. The first kappa shape index (κ1) is 21.2. The van der Waals surface area contributed by atoms with Crippen LogP contribution < -0.4 is 20.8 Å². The molecule has 6 heteroatoms. The zero-order valence-corrected chi connectivity index (χ0v) is 18.8. The summed E-state index contributed by atoms with van der Waals surface area (Å²) in [7, 11) is 0. The molecule has 0 spiro atoms. The number of anilines is 1. The summed E-state index contributed by atoms with van der Waals surface area (Å²) in [6.45, 7) is 6.00. The Morgan fingerprint density at radius 1 is 1.03 bits per heavy atom. The van der Waals surface area contributed by atoms with Gasteiger partial charge >= 0.3 is 0 Å². The van der Waals surface area contributed by atoms with Crippen LogP contribution in [0.4, 0.5) is 5.69 Å². The van der Waals surface area contributed by atoms with Crippen LogP contribution in [0.3, 0.4) is 0 Å². The van der Waals surface area contributed by atoms with E-state index in [1.165, 1.54) is 66.4 Å². The molecule has 160 valence electrons. The Bertz CT molecular complexity index is 891. The van der Waals surface area contributed by atoms with Crippen molar-refractivity contribution in [1.82, 2.24) is 10.7 Å². The molecule has 0 aromatic heterocycles. The first-order valence-electron chi connectivity index (χ1n) is 11.0. The van der Waals surface area contributed by atoms with Crippen molar-refractivity contribution in [3.05, 3.63) is 59.2 Å². The molecular weight excluding hydrogens is 390 g/mol. The minimum Gasteiger partial charge on any atom is -0.306 e. The van der Waals surface area contributed by atoms with Gasteiger partial charge in [-0.2, -0.15) is 5.10 Å². The van der Waals surface area contributed by atoms with Crippen LogP contribution in [0.1, 0.15) is 48.8 Å². The third-order valence-corrected chi connectivity index (χ3v) is 7.00. The molecule has 5 nitrogen and oxygen atoms in total. The smallest absolute Gasteiger partial charge is 0.145 e. The molecule has 0 bridgehead atoms. The highest BCUT2D eigenvalue weighted by molar-refractivity contribution is 7.97. The number of benzene rings is 2. The van der Waals surface area contributed by atoms with Crippen molar-refractivity contribution >= 4 is 23.5 Å². The number of aryl methyl sites for hydroxylation is 2. The lowest BCUT2D eigenvalue weighted by atomic mass is 9.86. The van der Waals surface area contributed by atoms with E-state index in [2.05, 4.69) is 58.9 Å². The van der Waals surface area contributed by atoms with Crippen molar-refractivity contribution < 1.29 is 0 Å². The van der Waals surface area contributed by atoms with Gasteiger partial charge in [-0.25, -0.2) is 0 Å². The minimum absolute atomic E-state index is 0.349. The topological polar surface area (TPSA) is 65.7 Å². The first-order valence-corrected chi connectivity index (χ1v) is 11.9. The Hall–Kier alpha value is -2.02. The molecule has 1 aliphatic carbocycles. The zero-order chi connectivity index (χ0) is 20.9. The Balaban J connectivity index is 0.000000204. The molecule has 1 atom stereocenters.